The summed E-state index contributed by atoms with van der Waals surface area (Å²) in [5.74, 6) is 11.0. The third kappa shape index (κ3) is 5.86. The van der Waals surface area contributed by atoms with Crippen LogP contribution in [0.15, 0.2) is 24.3 Å². The highest BCUT2D eigenvalue weighted by Crippen LogP contribution is 2.36. The van der Waals surface area contributed by atoms with Gasteiger partial charge in [0.15, 0.2) is 0 Å². The zero-order valence-electron chi connectivity index (χ0n) is 15.7. The number of aliphatic hydroxyl groups is 1. The Kier molecular flexibility index (Phi) is 6.63. The largest absolute Gasteiger partial charge is 0.467 e. The summed E-state index contributed by atoms with van der Waals surface area (Å²) in [6, 6.07) is 5.69. The molecule has 27 heavy (non-hydrogen) atoms. The molecule has 1 aromatic carbocycles. The van der Waals surface area contributed by atoms with Gasteiger partial charge >= 0.3 is 5.97 Å². The maximum absolute atomic E-state index is 12.4. The van der Waals surface area contributed by atoms with E-state index >= 15 is 0 Å². The lowest BCUT2D eigenvalue weighted by molar-refractivity contribution is -0.144. The van der Waals surface area contributed by atoms with Crippen LogP contribution in [-0.2, 0) is 9.53 Å². The smallest absolute Gasteiger partial charge is 0.330 e. The first-order valence-corrected chi connectivity index (χ1v) is 8.66. The van der Waals surface area contributed by atoms with Crippen LogP contribution in [-0.4, -0.2) is 42.3 Å². The molecule has 6 nitrogen and oxygen atoms in total. The molecular weight excluding hydrogens is 344 g/mol. The maximum Gasteiger partial charge on any atom is 0.330 e. The predicted molar refractivity (Wildman–Crippen MR) is 101 cm³/mol. The molecule has 142 valence electrons. The van der Waals surface area contributed by atoms with E-state index in [4.69, 9.17) is 15.6 Å². The van der Waals surface area contributed by atoms with E-state index in [0.29, 0.717) is 11.5 Å². The van der Waals surface area contributed by atoms with Gasteiger partial charge in [0.1, 0.15) is 6.04 Å². The van der Waals surface area contributed by atoms with Crippen LogP contribution in [0.2, 0.25) is 0 Å². The Morgan fingerprint density at radius 1 is 1.33 bits per heavy atom. The van der Waals surface area contributed by atoms with Gasteiger partial charge in [-0.15, -0.1) is 0 Å². The van der Waals surface area contributed by atoms with Crippen LogP contribution < -0.4 is 11.1 Å². The number of aliphatic hydroxyl groups excluding tert-OH is 1. The molecule has 0 bridgehead atoms. The lowest BCUT2D eigenvalue weighted by Crippen LogP contribution is -2.59. The number of hydrogen-bond acceptors (Lipinski definition) is 5. The van der Waals surface area contributed by atoms with Crippen molar-refractivity contribution in [2.45, 2.75) is 31.8 Å². The number of nitrogens with two attached hydrogens (primary N) is 1. The second kappa shape index (κ2) is 8.73. The highest BCUT2D eigenvalue weighted by molar-refractivity contribution is 5.97. The van der Waals surface area contributed by atoms with Crippen LogP contribution in [0.5, 0.6) is 0 Å². The average Bonchev–Trinajstić information content (AvgIpc) is 3.40. The average molecular weight is 368 g/mol. The summed E-state index contributed by atoms with van der Waals surface area (Å²) in [6.07, 6.45) is 0.932. The lowest BCUT2D eigenvalue weighted by Gasteiger charge is -2.28. The lowest BCUT2D eigenvalue weighted by atomic mass is 9.95. The van der Waals surface area contributed by atoms with Crippen LogP contribution >= 0.6 is 0 Å². The Bertz CT molecular complexity index is 816. The van der Waals surface area contributed by atoms with Gasteiger partial charge in [0, 0.05) is 29.2 Å². The van der Waals surface area contributed by atoms with Crippen LogP contribution in [0.4, 0.5) is 0 Å². The summed E-state index contributed by atoms with van der Waals surface area (Å²) in [4.78, 5) is 24.2. The molecule has 1 aliphatic carbocycles. The standard InChI is InChI=1S/C21H24N2O4/c1-21(2,22)18(20(26)27-3)23-19(25)15-10-8-14(9-11-15)6-4-5-7-16-12-17(16)13-24/h8-11,16-18,24H,12-13,22H2,1-3H3,(H,23,25)/t16-,17+,18?/m0/s1. The minimum absolute atomic E-state index is 0.175. The van der Waals surface area contributed by atoms with Gasteiger partial charge in [-0.25, -0.2) is 4.79 Å². The second-order valence-electron chi connectivity index (χ2n) is 7.13. The van der Waals surface area contributed by atoms with Crippen LogP contribution in [0, 0.1) is 35.5 Å². The third-order valence-electron chi connectivity index (χ3n) is 4.29. The van der Waals surface area contributed by atoms with Gasteiger partial charge < -0.3 is 20.9 Å². The van der Waals surface area contributed by atoms with E-state index in [2.05, 4.69) is 29.0 Å². The van der Waals surface area contributed by atoms with E-state index in [9.17, 15) is 9.59 Å². The number of rotatable bonds is 5. The van der Waals surface area contributed by atoms with Crippen LogP contribution in [0.25, 0.3) is 0 Å². The Morgan fingerprint density at radius 2 is 2.00 bits per heavy atom. The Hall–Kier alpha value is -2.80. The van der Waals surface area contributed by atoms with E-state index in [1.807, 2.05) is 0 Å². The van der Waals surface area contributed by atoms with Gasteiger partial charge in [-0.1, -0.05) is 11.8 Å². The van der Waals surface area contributed by atoms with Crippen molar-refractivity contribution in [1.82, 2.24) is 5.32 Å². The molecule has 0 heterocycles. The quantitative estimate of drug-likeness (QED) is 0.524. The summed E-state index contributed by atoms with van der Waals surface area (Å²) in [7, 11) is 1.25. The number of methoxy groups -OCH3 is 1. The molecule has 1 aromatic rings. The highest BCUT2D eigenvalue weighted by Gasteiger charge is 2.35. The molecule has 2 rings (SSSR count). The number of amides is 1. The van der Waals surface area contributed by atoms with Crippen LogP contribution in [0.1, 0.15) is 36.2 Å². The fourth-order valence-corrected chi connectivity index (χ4v) is 2.44. The summed E-state index contributed by atoms with van der Waals surface area (Å²) >= 11 is 0. The zero-order valence-corrected chi connectivity index (χ0v) is 15.7. The van der Waals surface area contributed by atoms with Crippen molar-refractivity contribution in [2.75, 3.05) is 13.7 Å². The van der Waals surface area contributed by atoms with Crippen molar-refractivity contribution >= 4 is 11.9 Å². The molecule has 0 radical (unpaired) electrons. The molecule has 1 aliphatic rings. The van der Waals surface area contributed by atoms with Gasteiger partial charge in [0.25, 0.3) is 5.91 Å². The number of nitrogens with one attached hydrogen (secondary N) is 1. The maximum atomic E-state index is 12.4. The third-order valence-corrected chi connectivity index (χ3v) is 4.29. The zero-order chi connectivity index (χ0) is 20.0. The summed E-state index contributed by atoms with van der Waals surface area (Å²) in [6.45, 7) is 3.45. The molecule has 1 fully saturated rings. The van der Waals surface area contributed by atoms with Gasteiger partial charge in [0.2, 0.25) is 0 Å². The van der Waals surface area contributed by atoms with E-state index in [1.165, 1.54) is 7.11 Å². The molecular formula is C21H24N2O4. The van der Waals surface area contributed by atoms with Gasteiger partial charge in [-0.3, -0.25) is 4.79 Å². The van der Waals surface area contributed by atoms with Gasteiger partial charge in [0.05, 0.1) is 7.11 Å². The molecule has 4 N–H and O–H groups in total. The van der Waals surface area contributed by atoms with Crippen molar-refractivity contribution in [2.24, 2.45) is 17.6 Å². The molecule has 1 amide bonds. The molecule has 1 saturated carbocycles. The fourth-order valence-electron chi connectivity index (χ4n) is 2.44. The summed E-state index contributed by atoms with van der Waals surface area (Å²) < 4.78 is 4.71. The monoisotopic (exact) mass is 368 g/mol. The molecule has 3 atom stereocenters. The number of carbonyl (C=O) groups is 2. The number of benzene rings is 1. The first kappa shape index (κ1) is 20.5. The van der Waals surface area contributed by atoms with Gasteiger partial charge in [-0.05, 0) is 62.3 Å². The first-order valence-electron chi connectivity index (χ1n) is 8.66. The Balaban J connectivity index is 2.00. The minimum atomic E-state index is -0.969. The van der Waals surface area contributed by atoms with E-state index in [0.717, 1.165) is 12.0 Å². The van der Waals surface area contributed by atoms with Crippen molar-refractivity contribution in [3.8, 4) is 23.7 Å². The number of esters is 1. The predicted octanol–water partition coefficient (Wildman–Crippen LogP) is 0.679. The van der Waals surface area contributed by atoms with Crippen LogP contribution in [0.3, 0.4) is 0 Å². The summed E-state index contributed by atoms with van der Waals surface area (Å²) in [5, 5.41) is 11.6. The summed E-state index contributed by atoms with van der Waals surface area (Å²) in [5.41, 5.74) is 6.09. The number of ether oxygens (including phenoxy) is 1. The fraction of sp³-hybridized carbons (Fsp3) is 0.429. The molecule has 0 aliphatic heterocycles. The topological polar surface area (TPSA) is 102 Å². The van der Waals surface area contributed by atoms with E-state index < -0.39 is 23.5 Å². The highest BCUT2D eigenvalue weighted by atomic mass is 16.5. The van der Waals surface area contributed by atoms with Crippen molar-refractivity contribution in [3.63, 3.8) is 0 Å². The molecule has 0 saturated heterocycles. The number of carbonyl (C=O) groups excluding carboxylic acids is 2. The van der Waals surface area contributed by atoms with E-state index in [-0.39, 0.29) is 12.5 Å². The molecule has 0 aromatic heterocycles. The Labute approximate surface area is 159 Å². The van der Waals surface area contributed by atoms with Gasteiger partial charge in [-0.2, -0.15) is 0 Å². The van der Waals surface area contributed by atoms with Crippen molar-refractivity contribution < 1.29 is 19.4 Å². The minimum Gasteiger partial charge on any atom is -0.467 e. The van der Waals surface area contributed by atoms with E-state index in [1.54, 1.807) is 38.1 Å². The van der Waals surface area contributed by atoms with Crippen molar-refractivity contribution in [1.29, 1.82) is 0 Å². The second-order valence-corrected chi connectivity index (χ2v) is 7.13. The Morgan fingerprint density at radius 3 is 2.52 bits per heavy atom. The van der Waals surface area contributed by atoms with Crippen molar-refractivity contribution in [3.05, 3.63) is 35.4 Å². The molecule has 1 unspecified atom stereocenters. The number of hydrogen-bond donors (Lipinski definition) is 3. The SMILES string of the molecule is COC(=O)C(NC(=O)c1ccc(C#CC#C[C@H]2C[C@@H]2CO)cc1)C(C)(C)N. The first-order chi connectivity index (χ1) is 12.8. The molecule has 0 spiro atoms. The normalized spacial score (nSPS) is 18.9. The molecule has 6 heteroatoms.